The summed E-state index contributed by atoms with van der Waals surface area (Å²) in [6.07, 6.45) is 0.856. The first-order valence-electron chi connectivity index (χ1n) is 6.24. The Hall–Kier alpha value is -1.75. The minimum absolute atomic E-state index is 0.609. The van der Waals surface area contributed by atoms with E-state index in [2.05, 4.69) is 4.98 Å². The molecule has 0 aliphatic carbocycles. The zero-order valence-electron chi connectivity index (χ0n) is 11.2. The van der Waals surface area contributed by atoms with E-state index in [4.69, 9.17) is 15.2 Å². The number of aryl methyl sites for hydroxylation is 1. The predicted molar refractivity (Wildman–Crippen MR) is 78.1 cm³/mol. The van der Waals surface area contributed by atoms with Crippen molar-refractivity contribution >= 4 is 17.0 Å². The van der Waals surface area contributed by atoms with Gasteiger partial charge in [0.05, 0.1) is 24.4 Å². The third-order valence-corrected chi connectivity index (χ3v) is 3.65. The standard InChI is InChI=1S/C14H18N2O2S/c1-3-17-12-6-11(15)7-13(8-12)18-5-4-14-10(2)16-9-19-14/h6-9H,3-5,15H2,1-2H3. The molecule has 1 aromatic heterocycles. The van der Waals surface area contributed by atoms with Gasteiger partial charge in [0.1, 0.15) is 11.5 Å². The fourth-order valence-corrected chi connectivity index (χ4v) is 2.52. The number of benzene rings is 1. The topological polar surface area (TPSA) is 57.4 Å². The molecule has 19 heavy (non-hydrogen) atoms. The van der Waals surface area contributed by atoms with Crippen molar-refractivity contribution in [3.05, 3.63) is 34.3 Å². The molecule has 1 heterocycles. The van der Waals surface area contributed by atoms with Crippen LogP contribution in [0.3, 0.4) is 0 Å². The molecule has 2 aromatic rings. The molecule has 5 heteroatoms. The number of rotatable bonds is 6. The SMILES string of the molecule is CCOc1cc(N)cc(OCCc2scnc2C)c1. The molecule has 0 aliphatic rings. The van der Waals surface area contributed by atoms with Gasteiger partial charge in [-0.05, 0) is 13.8 Å². The van der Waals surface area contributed by atoms with E-state index in [1.54, 1.807) is 17.4 Å². The number of nitrogen functional groups attached to an aromatic ring is 1. The Labute approximate surface area is 117 Å². The van der Waals surface area contributed by atoms with Gasteiger partial charge in [0.15, 0.2) is 0 Å². The minimum atomic E-state index is 0.609. The molecule has 0 atom stereocenters. The summed E-state index contributed by atoms with van der Waals surface area (Å²) in [6.45, 7) is 5.18. The summed E-state index contributed by atoms with van der Waals surface area (Å²) in [5, 5.41) is 0. The molecule has 0 bridgehead atoms. The fraction of sp³-hybridized carbons (Fsp3) is 0.357. The summed E-state index contributed by atoms with van der Waals surface area (Å²) in [5.74, 6) is 1.48. The Morgan fingerprint density at radius 2 is 1.95 bits per heavy atom. The van der Waals surface area contributed by atoms with Crippen molar-refractivity contribution in [3.8, 4) is 11.5 Å². The van der Waals surface area contributed by atoms with Crippen molar-refractivity contribution < 1.29 is 9.47 Å². The number of nitrogens with two attached hydrogens (primary N) is 1. The first-order valence-corrected chi connectivity index (χ1v) is 7.12. The zero-order chi connectivity index (χ0) is 13.7. The lowest BCUT2D eigenvalue weighted by Gasteiger charge is -2.09. The van der Waals surface area contributed by atoms with Crippen molar-refractivity contribution in [2.75, 3.05) is 18.9 Å². The highest BCUT2D eigenvalue weighted by molar-refractivity contribution is 7.09. The molecule has 0 amide bonds. The van der Waals surface area contributed by atoms with Gasteiger partial charge >= 0.3 is 0 Å². The van der Waals surface area contributed by atoms with Crippen molar-refractivity contribution in [2.45, 2.75) is 20.3 Å². The average Bonchev–Trinajstić information content (AvgIpc) is 2.75. The number of hydrogen-bond acceptors (Lipinski definition) is 5. The van der Waals surface area contributed by atoms with Crippen LogP contribution in [-0.4, -0.2) is 18.2 Å². The van der Waals surface area contributed by atoms with Gasteiger partial charge in [0.2, 0.25) is 0 Å². The van der Waals surface area contributed by atoms with Gasteiger partial charge in [-0.1, -0.05) is 0 Å². The Bertz CT molecular complexity index is 540. The molecule has 0 fully saturated rings. The largest absolute Gasteiger partial charge is 0.494 e. The Balaban J connectivity index is 1.94. The predicted octanol–water partition coefficient (Wildman–Crippen LogP) is 3.05. The summed E-state index contributed by atoms with van der Waals surface area (Å²) in [6, 6.07) is 5.46. The second kappa shape index (κ2) is 6.43. The summed E-state index contributed by atoms with van der Waals surface area (Å²) < 4.78 is 11.2. The summed E-state index contributed by atoms with van der Waals surface area (Å²) in [5.41, 5.74) is 9.40. The summed E-state index contributed by atoms with van der Waals surface area (Å²) in [4.78, 5) is 5.48. The highest BCUT2D eigenvalue weighted by atomic mass is 32.1. The van der Waals surface area contributed by atoms with Gasteiger partial charge in [-0.3, -0.25) is 0 Å². The van der Waals surface area contributed by atoms with Crippen LogP contribution in [0.15, 0.2) is 23.7 Å². The smallest absolute Gasteiger partial charge is 0.125 e. The molecule has 0 spiro atoms. The number of thiazole rings is 1. The molecular formula is C14H18N2O2S. The molecule has 1 aromatic carbocycles. The van der Waals surface area contributed by atoms with Crippen LogP contribution in [0.4, 0.5) is 5.69 Å². The molecule has 2 N–H and O–H groups in total. The van der Waals surface area contributed by atoms with Crippen LogP contribution < -0.4 is 15.2 Å². The minimum Gasteiger partial charge on any atom is -0.494 e. The van der Waals surface area contributed by atoms with Crippen LogP contribution >= 0.6 is 11.3 Å². The van der Waals surface area contributed by atoms with E-state index in [9.17, 15) is 0 Å². The van der Waals surface area contributed by atoms with E-state index in [1.807, 2.05) is 31.5 Å². The molecular weight excluding hydrogens is 260 g/mol. The number of anilines is 1. The molecule has 0 radical (unpaired) electrons. The molecule has 0 aliphatic heterocycles. The lowest BCUT2D eigenvalue weighted by Crippen LogP contribution is -2.02. The van der Waals surface area contributed by atoms with Gasteiger partial charge in [-0.2, -0.15) is 0 Å². The zero-order valence-corrected chi connectivity index (χ0v) is 12.0. The van der Waals surface area contributed by atoms with E-state index in [1.165, 1.54) is 4.88 Å². The van der Waals surface area contributed by atoms with Crippen LogP contribution in [0.5, 0.6) is 11.5 Å². The maximum atomic E-state index is 5.81. The highest BCUT2D eigenvalue weighted by Gasteiger charge is 2.04. The third-order valence-electron chi connectivity index (χ3n) is 2.66. The van der Waals surface area contributed by atoms with Crippen LogP contribution in [0.1, 0.15) is 17.5 Å². The molecule has 0 saturated carbocycles. The van der Waals surface area contributed by atoms with Gasteiger partial charge in [-0.15, -0.1) is 11.3 Å². The maximum absolute atomic E-state index is 5.81. The van der Waals surface area contributed by atoms with Crippen molar-refractivity contribution in [1.29, 1.82) is 0 Å². The lowest BCUT2D eigenvalue weighted by atomic mass is 10.3. The fourth-order valence-electron chi connectivity index (χ4n) is 1.75. The van der Waals surface area contributed by atoms with Crippen LogP contribution in [0.2, 0.25) is 0 Å². The van der Waals surface area contributed by atoms with E-state index < -0.39 is 0 Å². The van der Waals surface area contributed by atoms with Gasteiger partial charge < -0.3 is 15.2 Å². The van der Waals surface area contributed by atoms with Crippen molar-refractivity contribution in [3.63, 3.8) is 0 Å². The maximum Gasteiger partial charge on any atom is 0.125 e. The monoisotopic (exact) mass is 278 g/mol. The number of aromatic nitrogens is 1. The molecule has 0 saturated heterocycles. The first kappa shape index (κ1) is 13.7. The summed E-state index contributed by atoms with van der Waals surface area (Å²) >= 11 is 1.66. The van der Waals surface area contributed by atoms with Crippen molar-refractivity contribution in [2.24, 2.45) is 0 Å². The Morgan fingerprint density at radius 1 is 1.21 bits per heavy atom. The molecule has 4 nitrogen and oxygen atoms in total. The van der Waals surface area contributed by atoms with Crippen molar-refractivity contribution in [1.82, 2.24) is 4.98 Å². The van der Waals surface area contributed by atoms with Crippen LogP contribution in [-0.2, 0) is 6.42 Å². The van der Waals surface area contributed by atoms with E-state index in [0.717, 1.165) is 23.6 Å². The quantitative estimate of drug-likeness (QED) is 0.825. The number of ether oxygens (including phenoxy) is 2. The highest BCUT2D eigenvalue weighted by Crippen LogP contribution is 2.24. The molecule has 0 unspecified atom stereocenters. The second-order valence-electron chi connectivity index (χ2n) is 4.13. The second-order valence-corrected chi connectivity index (χ2v) is 5.07. The molecule has 102 valence electrons. The van der Waals surface area contributed by atoms with Crippen LogP contribution in [0, 0.1) is 6.92 Å². The molecule has 2 rings (SSSR count). The van der Waals surface area contributed by atoms with E-state index >= 15 is 0 Å². The third kappa shape index (κ3) is 3.86. The lowest BCUT2D eigenvalue weighted by molar-refractivity contribution is 0.313. The first-order chi connectivity index (χ1) is 9.19. The van der Waals surface area contributed by atoms with Gasteiger partial charge in [0, 0.05) is 35.2 Å². The van der Waals surface area contributed by atoms with Gasteiger partial charge in [0.25, 0.3) is 0 Å². The Morgan fingerprint density at radius 3 is 2.58 bits per heavy atom. The number of nitrogens with zero attached hydrogens (tertiary/aromatic N) is 1. The van der Waals surface area contributed by atoms with Crippen LogP contribution in [0.25, 0.3) is 0 Å². The Kier molecular flexibility index (Phi) is 4.63. The summed E-state index contributed by atoms with van der Waals surface area (Å²) in [7, 11) is 0. The van der Waals surface area contributed by atoms with E-state index in [-0.39, 0.29) is 0 Å². The normalized spacial score (nSPS) is 10.4. The number of hydrogen-bond donors (Lipinski definition) is 1. The van der Waals surface area contributed by atoms with E-state index in [0.29, 0.717) is 18.9 Å². The average molecular weight is 278 g/mol. The van der Waals surface area contributed by atoms with Gasteiger partial charge in [-0.25, -0.2) is 4.98 Å².